The molecule has 3 heterocycles. The summed E-state index contributed by atoms with van der Waals surface area (Å²) in [5.74, 6) is 2.44. The third-order valence-corrected chi connectivity index (χ3v) is 5.62. The van der Waals surface area contributed by atoms with E-state index in [1.54, 1.807) is 0 Å². The Hall–Kier alpha value is -0.940. The third kappa shape index (κ3) is 2.74. The average Bonchev–Trinajstić information content (AvgIpc) is 3.17. The summed E-state index contributed by atoms with van der Waals surface area (Å²) in [6, 6.07) is 4.86. The second-order valence-corrected chi connectivity index (χ2v) is 6.87. The number of carbonyl (C=O) groups is 1. The van der Waals surface area contributed by atoms with Gasteiger partial charge in [0.15, 0.2) is 0 Å². The zero-order valence-corrected chi connectivity index (χ0v) is 12.9. The molecule has 0 aromatic carbocycles. The Labute approximate surface area is 124 Å². The molecule has 1 aromatic heterocycles. The van der Waals surface area contributed by atoms with E-state index in [0.717, 1.165) is 43.8 Å². The van der Waals surface area contributed by atoms with Crippen molar-refractivity contribution in [2.24, 2.45) is 0 Å². The number of carbonyl (C=O) groups excluding carboxylic acids is 1. The summed E-state index contributed by atoms with van der Waals surface area (Å²) >= 11 is 1.95. The van der Waals surface area contributed by atoms with Crippen molar-refractivity contribution >= 4 is 17.7 Å². The van der Waals surface area contributed by atoms with Crippen LogP contribution in [0.5, 0.6) is 0 Å². The van der Waals surface area contributed by atoms with Crippen molar-refractivity contribution in [1.82, 2.24) is 14.8 Å². The van der Waals surface area contributed by atoms with Gasteiger partial charge in [-0.05, 0) is 50.2 Å². The molecule has 1 atom stereocenters. The van der Waals surface area contributed by atoms with Crippen molar-refractivity contribution in [3.63, 3.8) is 0 Å². The highest BCUT2D eigenvalue weighted by molar-refractivity contribution is 7.99. The van der Waals surface area contributed by atoms with Crippen LogP contribution in [-0.2, 0) is 0 Å². The molecule has 2 saturated heterocycles. The normalized spacial score (nSPS) is 23.9. The second-order valence-electron chi connectivity index (χ2n) is 5.72. The zero-order valence-electron chi connectivity index (χ0n) is 12.0. The molecule has 0 aliphatic carbocycles. The van der Waals surface area contributed by atoms with Crippen molar-refractivity contribution in [1.29, 1.82) is 0 Å². The fourth-order valence-corrected chi connectivity index (χ4v) is 4.42. The molecule has 5 heteroatoms. The number of thioether (sulfide) groups is 1. The number of nitrogens with one attached hydrogen (secondary N) is 1. The number of amides is 1. The standard InChI is InChI=1S/C15H23N3OS/c1-17(13-6-10-20-11-13)15(19)14-3-2-9-18(14)12-4-7-16-8-5-12/h2-3,9,12-13,16H,4-8,10-11H2,1H3. The first kappa shape index (κ1) is 14.0. The lowest BCUT2D eigenvalue weighted by Gasteiger charge is -2.28. The molecule has 1 unspecified atom stereocenters. The van der Waals surface area contributed by atoms with E-state index in [-0.39, 0.29) is 5.91 Å². The fraction of sp³-hybridized carbons (Fsp3) is 0.667. The van der Waals surface area contributed by atoms with Crippen LogP contribution in [0.1, 0.15) is 35.8 Å². The van der Waals surface area contributed by atoms with Gasteiger partial charge in [-0.2, -0.15) is 11.8 Å². The molecule has 2 aliphatic heterocycles. The first-order chi connectivity index (χ1) is 9.77. The molecule has 0 saturated carbocycles. The van der Waals surface area contributed by atoms with Crippen LogP contribution in [0.3, 0.4) is 0 Å². The number of nitrogens with zero attached hydrogens (tertiary/aromatic N) is 2. The SMILES string of the molecule is CN(C(=O)c1cccn1C1CCNCC1)C1CCSC1. The van der Waals surface area contributed by atoms with Crippen LogP contribution in [0.4, 0.5) is 0 Å². The monoisotopic (exact) mass is 293 g/mol. The molecule has 0 bridgehead atoms. The highest BCUT2D eigenvalue weighted by atomic mass is 32.2. The van der Waals surface area contributed by atoms with Crippen molar-refractivity contribution in [3.8, 4) is 0 Å². The Kier molecular flexibility index (Phi) is 4.36. The Morgan fingerprint density at radius 2 is 2.20 bits per heavy atom. The number of rotatable bonds is 3. The van der Waals surface area contributed by atoms with Gasteiger partial charge < -0.3 is 14.8 Å². The zero-order chi connectivity index (χ0) is 13.9. The second kappa shape index (κ2) is 6.22. The maximum Gasteiger partial charge on any atom is 0.270 e. The Bertz CT molecular complexity index is 461. The van der Waals surface area contributed by atoms with Gasteiger partial charge in [-0.1, -0.05) is 0 Å². The van der Waals surface area contributed by atoms with Crippen LogP contribution >= 0.6 is 11.8 Å². The number of hydrogen-bond donors (Lipinski definition) is 1. The first-order valence-corrected chi connectivity index (χ1v) is 8.65. The van der Waals surface area contributed by atoms with Crippen LogP contribution in [-0.4, -0.2) is 53.1 Å². The minimum absolute atomic E-state index is 0.182. The molecule has 4 nitrogen and oxygen atoms in total. The lowest BCUT2D eigenvalue weighted by atomic mass is 10.1. The lowest BCUT2D eigenvalue weighted by molar-refractivity contribution is 0.0733. The van der Waals surface area contributed by atoms with Gasteiger partial charge in [0.25, 0.3) is 5.91 Å². The largest absolute Gasteiger partial charge is 0.340 e. The van der Waals surface area contributed by atoms with E-state index < -0.39 is 0 Å². The number of piperidine rings is 1. The Morgan fingerprint density at radius 1 is 1.40 bits per heavy atom. The molecule has 110 valence electrons. The summed E-state index contributed by atoms with van der Waals surface area (Å²) in [6.45, 7) is 2.09. The summed E-state index contributed by atoms with van der Waals surface area (Å²) in [7, 11) is 1.96. The smallest absolute Gasteiger partial charge is 0.270 e. The molecule has 1 N–H and O–H groups in total. The highest BCUT2D eigenvalue weighted by Gasteiger charge is 2.27. The topological polar surface area (TPSA) is 37.3 Å². The molecule has 1 amide bonds. The lowest BCUT2D eigenvalue weighted by Crippen LogP contribution is -2.39. The van der Waals surface area contributed by atoms with Crippen molar-refractivity contribution in [3.05, 3.63) is 24.0 Å². The van der Waals surface area contributed by atoms with Crippen LogP contribution in [0.2, 0.25) is 0 Å². The van der Waals surface area contributed by atoms with Gasteiger partial charge >= 0.3 is 0 Å². The maximum atomic E-state index is 12.7. The number of hydrogen-bond acceptors (Lipinski definition) is 3. The predicted molar refractivity (Wildman–Crippen MR) is 83.4 cm³/mol. The van der Waals surface area contributed by atoms with Crippen LogP contribution < -0.4 is 5.32 Å². The molecular formula is C15H23N3OS. The summed E-state index contributed by atoms with van der Waals surface area (Å²) < 4.78 is 2.20. The molecule has 0 radical (unpaired) electrons. The van der Waals surface area contributed by atoms with E-state index in [0.29, 0.717) is 12.1 Å². The van der Waals surface area contributed by atoms with Crippen molar-refractivity contribution < 1.29 is 4.79 Å². The van der Waals surface area contributed by atoms with Crippen LogP contribution in [0, 0.1) is 0 Å². The predicted octanol–water partition coefficient (Wildman–Crippen LogP) is 1.99. The van der Waals surface area contributed by atoms with Crippen LogP contribution in [0.15, 0.2) is 18.3 Å². The van der Waals surface area contributed by atoms with Gasteiger partial charge in [-0.25, -0.2) is 0 Å². The molecule has 0 spiro atoms. The minimum atomic E-state index is 0.182. The van der Waals surface area contributed by atoms with E-state index in [1.165, 1.54) is 5.75 Å². The van der Waals surface area contributed by atoms with E-state index in [9.17, 15) is 4.79 Å². The van der Waals surface area contributed by atoms with Crippen LogP contribution in [0.25, 0.3) is 0 Å². The molecule has 1 aromatic rings. The molecule has 3 rings (SSSR count). The molecule has 2 aliphatic rings. The van der Waals surface area contributed by atoms with Crippen molar-refractivity contribution in [2.75, 3.05) is 31.6 Å². The summed E-state index contributed by atoms with van der Waals surface area (Å²) in [6.07, 6.45) is 5.41. The van der Waals surface area contributed by atoms with E-state index in [2.05, 4.69) is 16.1 Å². The average molecular weight is 293 g/mol. The first-order valence-electron chi connectivity index (χ1n) is 7.50. The highest BCUT2D eigenvalue weighted by Crippen LogP contribution is 2.25. The molecule has 20 heavy (non-hydrogen) atoms. The fourth-order valence-electron chi connectivity index (χ4n) is 3.15. The maximum absolute atomic E-state index is 12.7. The summed E-state index contributed by atoms with van der Waals surface area (Å²) in [4.78, 5) is 14.7. The Balaban J connectivity index is 1.75. The van der Waals surface area contributed by atoms with Gasteiger partial charge in [-0.15, -0.1) is 0 Å². The van der Waals surface area contributed by atoms with Crippen molar-refractivity contribution in [2.45, 2.75) is 31.3 Å². The quantitative estimate of drug-likeness (QED) is 0.926. The molecular weight excluding hydrogens is 270 g/mol. The summed E-state index contributed by atoms with van der Waals surface area (Å²) in [5, 5.41) is 3.38. The van der Waals surface area contributed by atoms with Gasteiger partial charge in [0, 0.05) is 31.1 Å². The molecule has 2 fully saturated rings. The summed E-state index contributed by atoms with van der Waals surface area (Å²) in [5.41, 5.74) is 0.858. The minimum Gasteiger partial charge on any atom is -0.340 e. The Morgan fingerprint density at radius 3 is 2.90 bits per heavy atom. The van der Waals surface area contributed by atoms with Gasteiger partial charge in [0.2, 0.25) is 0 Å². The van der Waals surface area contributed by atoms with Gasteiger partial charge in [-0.3, -0.25) is 4.79 Å². The third-order valence-electron chi connectivity index (χ3n) is 4.47. The van der Waals surface area contributed by atoms with Gasteiger partial charge in [0.1, 0.15) is 5.69 Å². The van der Waals surface area contributed by atoms with E-state index in [1.807, 2.05) is 35.8 Å². The van der Waals surface area contributed by atoms with E-state index >= 15 is 0 Å². The van der Waals surface area contributed by atoms with E-state index in [4.69, 9.17) is 0 Å². The van der Waals surface area contributed by atoms with Gasteiger partial charge in [0.05, 0.1) is 0 Å². The number of aromatic nitrogens is 1.